The summed E-state index contributed by atoms with van der Waals surface area (Å²) in [5.74, 6) is 0.381. The van der Waals surface area contributed by atoms with Gasteiger partial charge >= 0.3 is 0 Å². The molecule has 0 unspecified atom stereocenters. The maximum Gasteiger partial charge on any atom is 0.175 e. The van der Waals surface area contributed by atoms with Crippen molar-refractivity contribution in [3.05, 3.63) is 32.6 Å². The maximum atomic E-state index is 12.4. The van der Waals surface area contributed by atoms with Crippen molar-refractivity contribution in [3.8, 4) is 0 Å². The maximum absolute atomic E-state index is 12.4. The largest absolute Gasteiger partial charge is 0.396 e. The fourth-order valence-electron chi connectivity index (χ4n) is 2.89. The molecule has 2 aromatic heterocycles. The Morgan fingerprint density at radius 2 is 1.92 bits per heavy atom. The zero-order valence-corrected chi connectivity index (χ0v) is 16.6. The first-order valence-corrected chi connectivity index (χ1v) is 9.96. The molecule has 7 heteroatoms. The summed E-state index contributed by atoms with van der Waals surface area (Å²) >= 11 is 1.41. The Kier molecular flexibility index (Phi) is 7.93. The lowest BCUT2D eigenvalue weighted by molar-refractivity contribution is 0.0882. The molecule has 0 saturated carbocycles. The smallest absolute Gasteiger partial charge is 0.175 e. The van der Waals surface area contributed by atoms with Gasteiger partial charge in [-0.25, -0.2) is 4.98 Å². The third kappa shape index (κ3) is 5.22. The number of unbranched alkanes of at least 4 members (excludes halogenated alkanes) is 1. The Balaban J connectivity index is 2.04. The van der Waals surface area contributed by atoms with Crippen LogP contribution in [0.4, 0.5) is 0 Å². The van der Waals surface area contributed by atoms with E-state index in [1.54, 1.807) is 0 Å². The van der Waals surface area contributed by atoms with Crippen molar-refractivity contribution >= 4 is 17.1 Å². The molecule has 2 heterocycles. The molecule has 0 radical (unpaired) electrons. The van der Waals surface area contributed by atoms with Crippen LogP contribution in [0.1, 0.15) is 63.6 Å². The highest BCUT2D eigenvalue weighted by Crippen LogP contribution is 2.24. The number of ketones is 1. The van der Waals surface area contributed by atoms with Gasteiger partial charge in [0.05, 0.1) is 21.3 Å². The molecule has 0 aliphatic rings. The average Bonchev–Trinajstić information content (AvgIpc) is 3.18. The lowest BCUT2D eigenvalue weighted by atomic mass is 10.0. The lowest BCUT2D eigenvalue weighted by Crippen LogP contribution is -2.16. The van der Waals surface area contributed by atoms with Gasteiger partial charge in [0.2, 0.25) is 0 Å². The van der Waals surface area contributed by atoms with Gasteiger partial charge in [0, 0.05) is 37.5 Å². The van der Waals surface area contributed by atoms with E-state index in [9.17, 15) is 4.79 Å². The summed E-state index contributed by atoms with van der Waals surface area (Å²) in [6, 6.07) is 0. The van der Waals surface area contributed by atoms with E-state index in [2.05, 4.69) is 17.1 Å². The number of aryl methyl sites for hydroxylation is 4. The Labute approximate surface area is 158 Å². The zero-order chi connectivity index (χ0) is 19.1. The van der Waals surface area contributed by atoms with E-state index in [1.807, 2.05) is 13.8 Å². The molecule has 0 atom stereocenters. The van der Waals surface area contributed by atoms with Crippen molar-refractivity contribution < 1.29 is 19.5 Å². The van der Waals surface area contributed by atoms with Crippen molar-refractivity contribution in [3.63, 3.8) is 0 Å². The summed E-state index contributed by atoms with van der Waals surface area (Å²) in [5, 5.41) is 23.4. The van der Waals surface area contributed by atoms with Crippen LogP contribution in [-0.2, 0) is 19.3 Å². The second-order valence-corrected chi connectivity index (χ2v) is 7.73. The molecular weight excluding hydrogens is 352 g/mol. The number of hydrogen-bond acceptors (Lipinski definition) is 7. The number of Topliss-reactive ketones (excluding diaryl/α,β-unsaturated/α-hetero) is 1. The van der Waals surface area contributed by atoms with Crippen LogP contribution in [0.3, 0.4) is 0 Å². The predicted molar refractivity (Wildman–Crippen MR) is 101 cm³/mol. The van der Waals surface area contributed by atoms with Gasteiger partial charge < -0.3 is 14.7 Å². The summed E-state index contributed by atoms with van der Waals surface area (Å²) in [6.45, 7) is 5.53. The Bertz CT molecular complexity index is 719. The van der Waals surface area contributed by atoms with Crippen LogP contribution in [0.5, 0.6) is 0 Å². The molecule has 0 saturated heterocycles. The second kappa shape index (κ2) is 9.94. The number of aliphatic hydroxyl groups is 2. The zero-order valence-electron chi connectivity index (χ0n) is 15.7. The third-order valence-electron chi connectivity index (χ3n) is 4.51. The molecule has 2 aromatic rings. The lowest BCUT2D eigenvalue weighted by Gasteiger charge is -2.08. The summed E-state index contributed by atoms with van der Waals surface area (Å²) in [7, 11) is 0. The normalized spacial score (nSPS) is 11.5. The van der Waals surface area contributed by atoms with Crippen molar-refractivity contribution in [2.45, 2.75) is 59.3 Å². The van der Waals surface area contributed by atoms with Gasteiger partial charge in [-0.3, -0.25) is 4.79 Å². The first-order chi connectivity index (χ1) is 12.5. The molecule has 0 bridgehead atoms. The van der Waals surface area contributed by atoms with Crippen LogP contribution in [-0.4, -0.2) is 39.4 Å². The summed E-state index contributed by atoms with van der Waals surface area (Å²) in [5.41, 5.74) is 2.90. The molecular formula is C19H28N2O4S. The second-order valence-electron chi connectivity index (χ2n) is 6.65. The molecule has 0 aromatic carbocycles. The van der Waals surface area contributed by atoms with Crippen LogP contribution < -0.4 is 0 Å². The van der Waals surface area contributed by atoms with Crippen molar-refractivity contribution in [1.82, 2.24) is 10.1 Å². The topological polar surface area (TPSA) is 96.5 Å². The van der Waals surface area contributed by atoms with Crippen LogP contribution in [0, 0.1) is 19.8 Å². The van der Waals surface area contributed by atoms with Crippen molar-refractivity contribution in [1.29, 1.82) is 0 Å². The summed E-state index contributed by atoms with van der Waals surface area (Å²) in [4.78, 5) is 17.5. The molecule has 0 aliphatic carbocycles. The van der Waals surface area contributed by atoms with E-state index in [0.29, 0.717) is 4.88 Å². The van der Waals surface area contributed by atoms with E-state index in [-0.39, 0.29) is 25.4 Å². The SMILES string of the molecule is CCCCc1noc(C)c1CCc1nc(C)c(C(=O)CC(CO)CO)s1. The minimum absolute atomic E-state index is 0.0656. The van der Waals surface area contributed by atoms with E-state index in [4.69, 9.17) is 14.7 Å². The highest BCUT2D eigenvalue weighted by molar-refractivity contribution is 7.13. The van der Waals surface area contributed by atoms with Crippen molar-refractivity contribution in [2.24, 2.45) is 5.92 Å². The monoisotopic (exact) mass is 380 g/mol. The number of thiazole rings is 1. The molecule has 2 rings (SSSR count). The number of aromatic nitrogens is 2. The number of aliphatic hydroxyl groups excluding tert-OH is 2. The third-order valence-corrected chi connectivity index (χ3v) is 5.76. The summed E-state index contributed by atoms with van der Waals surface area (Å²) in [6.07, 6.45) is 4.80. The number of hydrogen-bond donors (Lipinski definition) is 2. The number of carbonyl (C=O) groups excluding carboxylic acids is 1. The van der Waals surface area contributed by atoms with E-state index in [0.717, 1.165) is 59.8 Å². The summed E-state index contributed by atoms with van der Waals surface area (Å²) < 4.78 is 5.35. The average molecular weight is 381 g/mol. The Morgan fingerprint density at radius 1 is 1.19 bits per heavy atom. The molecule has 26 heavy (non-hydrogen) atoms. The van der Waals surface area contributed by atoms with Crippen LogP contribution in [0.15, 0.2) is 4.52 Å². The van der Waals surface area contributed by atoms with E-state index in [1.165, 1.54) is 11.3 Å². The quantitative estimate of drug-likeness (QED) is 0.582. The minimum atomic E-state index is -0.409. The number of rotatable bonds is 11. The highest BCUT2D eigenvalue weighted by atomic mass is 32.1. The first-order valence-electron chi connectivity index (χ1n) is 9.15. The van der Waals surface area contributed by atoms with Crippen LogP contribution in [0.2, 0.25) is 0 Å². The van der Waals surface area contributed by atoms with Gasteiger partial charge in [0.15, 0.2) is 5.78 Å². The standard InChI is InChI=1S/C19H28N2O4S/c1-4-5-6-16-15(13(3)25-21-16)7-8-18-20-12(2)19(26-18)17(24)9-14(10-22)11-23/h14,22-23H,4-11H2,1-3H3. The van der Waals surface area contributed by atoms with Crippen LogP contribution in [0.25, 0.3) is 0 Å². The highest BCUT2D eigenvalue weighted by Gasteiger charge is 2.20. The van der Waals surface area contributed by atoms with Crippen LogP contribution >= 0.6 is 11.3 Å². The fourth-order valence-corrected chi connectivity index (χ4v) is 3.90. The van der Waals surface area contributed by atoms with Gasteiger partial charge in [0.1, 0.15) is 5.76 Å². The van der Waals surface area contributed by atoms with Gasteiger partial charge in [-0.1, -0.05) is 18.5 Å². The molecule has 2 N–H and O–H groups in total. The fraction of sp³-hybridized carbons (Fsp3) is 0.632. The predicted octanol–water partition coefficient (Wildman–Crippen LogP) is 3.05. The minimum Gasteiger partial charge on any atom is -0.396 e. The first kappa shape index (κ1) is 20.7. The molecule has 0 fully saturated rings. The molecule has 144 valence electrons. The number of nitrogens with zero attached hydrogens (tertiary/aromatic N) is 2. The van der Waals surface area contributed by atoms with Crippen molar-refractivity contribution in [2.75, 3.05) is 13.2 Å². The van der Waals surface area contributed by atoms with Gasteiger partial charge in [-0.05, 0) is 33.1 Å². The Hall–Kier alpha value is -1.57. The molecule has 6 nitrogen and oxygen atoms in total. The van der Waals surface area contributed by atoms with E-state index >= 15 is 0 Å². The van der Waals surface area contributed by atoms with Gasteiger partial charge in [0.25, 0.3) is 0 Å². The molecule has 0 amide bonds. The van der Waals surface area contributed by atoms with E-state index < -0.39 is 5.92 Å². The Morgan fingerprint density at radius 3 is 2.58 bits per heavy atom. The molecule has 0 aliphatic heterocycles. The van der Waals surface area contributed by atoms with Gasteiger partial charge in [-0.15, -0.1) is 11.3 Å². The van der Waals surface area contributed by atoms with Gasteiger partial charge in [-0.2, -0.15) is 0 Å². The number of carbonyl (C=O) groups is 1. The molecule has 0 spiro atoms.